The van der Waals surface area contributed by atoms with E-state index in [9.17, 15) is 0 Å². The number of nitrogen functional groups attached to an aromatic ring is 1. The molecule has 2 N–H and O–H groups in total. The summed E-state index contributed by atoms with van der Waals surface area (Å²) in [4.78, 5) is 17.7. The molecule has 1 heterocycles. The zero-order valence-electron chi connectivity index (χ0n) is 25.7. The van der Waals surface area contributed by atoms with Gasteiger partial charge in [0.1, 0.15) is 0 Å². The van der Waals surface area contributed by atoms with Crippen LogP contribution in [0.5, 0.6) is 0 Å². The van der Waals surface area contributed by atoms with Gasteiger partial charge in [0.15, 0.2) is 17.5 Å². The molecule has 0 fully saturated rings. The van der Waals surface area contributed by atoms with Crippen LogP contribution in [0.3, 0.4) is 0 Å². The molecular weight excluding hydrogens is 574 g/mol. The van der Waals surface area contributed by atoms with Crippen molar-refractivity contribution in [2.75, 3.05) is 10.6 Å². The van der Waals surface area contributed by atoms with E-state index in [1.165, 1.54) is 5.39 Å². The lowest BCUT2D eigenvalue weighted by molar-refractivity contribution is 0.982. The van der Waals surface area contributed by atoms with Crippen LogP contribution >= 0.6 is 0 Å². The third kappa shape index (κ3) is 5.34. The van der Waals surface area contributed by atoms with Crippen molar-refractivity contribution >= 4 is 38.6 Å². The van der Waals surface area contributed by atoms with Crippen molar-refractivity contribution in [3.63, 3.8) is 0 Å². The Kier molecular flexibility index (Phi) is 7.32. The molecule has 5 nitrogen and oxygen atoms in total. The maximum absolute atomic E-state index is 6.66. The second-order valence-corrected chi connectivity index (χ2v) is 11.5. The van der Waals surface area contributed by atoms with Crippen LogP contribution in [-0.4, -0.2) is 15.0 Å². The molecule has 8 aromatic rings. The molecule has 224 valence electrons. The molecule has 0 saturated carbocycles. The summed E-state index contributed by atoms with van der Waals surface area (Å²) in [5, 5.41) is 4.55. The van der Waals surface area contributed by atoms with Gasteiger partial charge < -0.3 is 10.6 Å². The van der Waals surface area contributed by atoms with Gasteiger partial charge in [0.2, 0.25) is 0 Å². The van der Waals surface area contributed by atoms with E-state index >= 15 is 0 Å². The molecular formula is C42H31N5. The van der Waals surface area contributed by atoms with E-state index < -0.39 is 0 Å². The number of fused-ring (bicyclic) bond motifs is 3. The van der Waals surface area contributed by atoms with E-state index in [-0.39, 0.29) is 0 Å². The fraction of sp³-hybridized carbons (Fsp3) is 0.0238. The van der Waals surface area contributed by atoms with Crippen LogP contribution in [0.4, 0.5) is 17.1 Å². The smallest absolute Gasteiger partial charge is 0.165 e. The Balaban J connectivity index is 1.46. The van der Waals surface area contributed by atoms with Crippen molar-refractivity contribution in [1.29, 1.82) is 0 Å². The fourth-order valence-corrected chi connectivity index (χ4v) is 6.37. The molecule has 0 aliphatic carbocycles. The topological polar surface area (TPSA) is 67.9 Å². The normalized spacial score (nSPS) is 11.1. The van der Waals surface area contributed by atoms with Gasteiger partial charge in [0.05, 0.1) is 11.4 Å². The Morgan fingerprint density at radius 1 is 0.426 bits per heavy atom. The largest absolute Gasteiger partial charge is 0.397 e. The number of nitrogens with zero attached hydrogens (tertiary/aromatic N) is 4. The highest BCUT2D eigenvalue weighted by molar-refractivity contribution is 6.15. The average molecular weight is 606 g/mol. The minimum atomic E-state index is 0.534. The predicted molar refractivity (Wildman–Crippen MR) is 194 cm³/mol. The van der Waals surface area contributed by atoms with Gasteiger partial charge in [0, 0.05) is 28.9 Å². The van der Waals surface area contributed by atoms with Crippen molar-refractivity contribution in [2.45, 2.75) is 6.54 Å². The quantitative estimate of drug-likeness (QED) is 0.145. The molecule has 0 aliphatic heterocycles. The number of nitrogens with two attached hydrogens (primary N) is 1. The summed E-state index contributed by atoms with van der Waals surface area (Å²) in [5.41, 5.74) is 13.3. The standard InChI is InChI=1S/C42H31N5/c43-37-26-14-15-27-38(37)47(31-20-8-3-9-21-31)28-36-34-24-11-10-22-32(34)33-23-12-13-25-35(33)39(36)42-45-40(29-16-4-1-5-17-29)44-41(46-42)30-18-6-2-7-19-30/h1-27H,28,43H2. The fourth-order valence-electron chi connectivity index (χ4n) is 6.37. The molecule has 5 heteroatoms. The summed E-state index contributed by atoms with van der Waals surface area (Å²) in [6, 6.07) is 55.8. The second kappa shape index (κ2) is 12.2. The van der Waals surface area contributed by atoms with Crippen LogP contribution in [0, 0.1) is 0 Å². The molecule has 0 spiro atoms. The van der Waals surface area contributed by atoms with Crippen molar-refractivity contribution in [3.05, 3.63) is 169 Å². The first-order chi connectivity index (χ1) is 23.2. The maximum atomic E-state index is 6.66. The van der Waals surface area contributed by atoms with E-state index in [2.05, 4.69) is 83.8 Å². The monoisotopic (exact) mass is 605 g/mol. The van der Waals surface area contributed by atoms with Crippen molar-refractivity contribution in [3.8, 4) is 34.2 Å². The van der Waals surface area contributed by atoms with Crippen LogP contribution in [0.1, 0.15) is 5.56 Å². The molecule has 0 aliphatic rings. The van der Waals surface area contributed by atoms with Crippen LogP contribution in [-0.2, 0) is 6.54 Å². The van der Waals surface area contributed by atoms with E-state index in [1.807, 2.05) is 84.9 Å². The number of hydrogen-bond donors (Lipinski definition) is 1. The summed E-state index contributed by atoms with van der Waals surface area (Å²) in [6.45, 7) is 0.534. The van der Waals surface area contributed by atoms with Gasteiger partial charge >= 0.3 is 0 Å². The van der Waals surface area contributed by atoms with Gasteiger partial charge in [-0.3, -0.25) is 0 Å². The summed E-state index contributed by atoms with van der Waals surface area (Å²) in [7, 11) is 0. The lowest BCUT2D eigenvalue weighted by Gasteiger charge is -2.29. The van der Waals surface area contributed by atoms with Gasteiger partial charge in [-0.1, -0.05) is 140 Å². The van der Waals surface area contributed by atoms with Gasteiger partial charge in [-0.05, 0) is 51.4 Å². The average Bonchev–Trinajstić information content (AvgIpc) is 3.15. The van der Waals surface area contributed by atoms with Gasteiger partial charge in [0.25, 0.3) is 0 Å². The first-order valence-corrected chi connectivity index (χ1v) is 15.7. The minimum absolute atomic E-state index is 0.534. The zero-order chi connectivity index (χ0) is 31.6. The number of rotatable bonds is 7. The Morgan fingerprint density at radius 2 is 0.872 bits per heavy atom. The van der Waals surface area contributed by atoms with Crippen LogP contribution in [0.15, 0.2) is 164 Å². The Hall–Kier alpha value is -6.33. The molecule has 0 atom stereocenters. The van der Waals surface area contributed by atoms with Gasteiger partial charge in [-0.15, -0.1) is 0 Å². The lowest BCUT2D eigenvalue weighted by atomic mass is 9.90. The molecule has 7 aromatic carbocycles. The third-order valence-corrected chi connectivity index (χ3v) is 8.58. The first kappa shape index (κ1) is 28.2. The summed E-state index contributed by atoms with van der Waals surface area (Å²) in [6.07, 6.45) is 0. The van der Waals surface area contributed by atoms with E-state index in [0.717, 1.165) is 49.8 Å². The maximum Gasteiger partial charge on any atom is 0.165 e. The Morgan fingerprint density at radius 3 is 1.47 bits per heavy atom. The summed E-state index contributed by atoms with van der Waals surface area (Å²) in [5.74, 6) is 1.89. The summed E-state index contributed by atoms with van der Waals surface area (Å²) >= 11 is 0. The SMILES string of the molecule is Nc1ccccc1N(Cc1c(-c2nc(-c3ccccc3)nc(-c3ccccc3)n2)c2ccccc2c2ccccc12)c1ccccc1. The second-order valence-electron chi connectivity index (χ2n) is 11.5. The summed E-state index contributed by atoms with van der Waals surface area (Å²) < 4.78 is 0. The van der Waals surface area contributed by atoms with E-state index in [0.29, 0.717) is 29.7 Å². The number of para-hydroxylation sites is 3. The van der Waals surface area contributed by atoms with Crippen LogP contribution in [0.2, 0.25) is 0 Å². The molecule has 0 unspecified atom stereocenters. The minimum Gasteiger partial charge on any atom is -0.397 e. The van der Waals surface area contributed by atoms with Gasteiger partial charge in [-0.2, -0.15) is 0 Å². The molecule has 47 heavy (non-hydrogen) atoms. The van der Waals surface area contributed by atoms with Crippen molar-refractivity contribution < 1.29 is 0 Å². The first-order valence-electron chi connectivity index (χ1n) is 15.7. The predicted octanol–water partition coefficient (Wildman–Crippen LogP) is 10.1. The van der Waals surface area contributed by atoms with Gasteiger partial charge in [-0.25, -0.2) is 15.0 Å². The van der Waals surface area contributed by atoms with Crippen molar-refractivity contribution in [1.82, 2.24) is 15.0 Å². The molecule has 0 radical (unpaired) electrons. The molecule has 1 aromatic heterocycles. The highest BCUT2D eigenvalue weighted by Crippen LogP contribution is 2.42. The highest BCUT2D eigenvalue weighted by Gasteiger charge is 2.23. The number of hydrogen-bond acceptors (Lipinski definition) is 5. The van der Waals surface area contributed by atoms with E-state index in [1.54, 1.807) is 0 Å². The zero-order valence-corrected chi connectivity index (χ0v) is 25.7. The highest BCUT2D eigenvalue weighted by atomic mass is 15.1. The van der Waals surface area contributed by atoms with Crippen LogP contribution in [0.25, 0.3) is 55.7 Å². The molecule has 0 amide bonds. The lowest BCUT2D eigenvalue weighted by Crippen LogP contribution is -2.19. The Bertz CT molecular complexity index is 2280. The van der Waals surface area contributed by atoms with Crippen molar-refractivity contribution in [2.24, 2.45) is 0 Å². The molecule has 8 rings (SSSR count). The molecule has 0 bridgehead atoms. The molecule has 0 saturated heterocycles. The Labute approximate surface area is 273 Å². The van der Waals surface area contributed by atoms with E-state index in [4.69, 9.17) is 20.7 Å². The number of benzene rings is 7. The third-order valence-electron chi connectivity index (χ3n) is 8.58. The number of aromatic nitrogens is 3. The number of anilines is 3. The van der Waals surface area contributed by atoms with Crippen LogP contribution < -0.4 is 10.6 Å².